The molecule has 2 aromatic rings. The number of nitrogens with zero attached hydrogens (tertiary/aromatic N) is 1. The lowest BCUT2D eigenvalue weighted by atomic mass is 10.0. The van der Waals surface area contributed by atoms with Crippen molar-refractivity contribution < 1.29 is 4.39 Å². The molecule has 0 unspecified atom stereocenters. The van der Waals surface area contributed by atoms with E-state index in [1.807, 2.05) is 6.92 Å². The number of nitrogens with one attached hydrogen (secondary N) is 1. The minimum atomic E-state index is -0.226. The van der Waals surface area contributed by atoms with Gasteiger partial charge >= 0.3 is 0 Å². The van der Waals surface area contributed by atoms with Gasteiger partial charge in [0.05, 0.1) is 0 Å². The molecule has 0 spiro atoms. The minimum absolute atomic E-state index is 0.226. The molecule has 2 nitrogen and oxygen atoms in total. The second-order valence-corrected chi connectivity index (χ2v) is 5.37. The van der Waals surface area contributed by atoms with Gasteiger partial charge in [-0.25, -0.2) is 9.37 Å². The number of aromatic amines is 1. The Morgan fingerprint density at radius 1 is 1.26 bits per heavy atom. The summed E-state index contributed by atoms with van der Waals surface area (Å²) < 4.78 is 13.5. The van der Waals surface area contributed by atoms with E-state index in [4.69, 9.17) is 12.2 Å². The van der Waals surface area contributed by atoms with Gasteiger partial charge in [0, 0.05) is 17.7 Å². The first-order chi connectivity index (χ1) is 8.97. The zero-order valence-electron chi connectivity index (χ0n) is 11.3. The summed E-state index contributed by atoms with van der Waals surface area (Å²) in [7, 11) is 0. The molecule has 0 radical (unpaired) electrons. The zero-order valence-corrected chi connectivity index (χ0v) is 12.1. The summed E-state index contributed by atoms with van der Waals surface area (Å²) in [4.78, 5) is 7.73. The monoisotopic (exact) mass is 276 g/mol. The molecular formula is C15H17FN2S. The SMILES string of the molecule is Cc1[nH]c(Cc2ccc(F)cc2)nc(=S)c1C(C)C. The summed E-state index contributed by atoms with van der Waals surface area (Å²) in [5.41, 5.74) is 3.17. The topological polar surface area (TPSA) is 28.7 Å². The Kier molecular flexibility index (Phi) is 4.10. The van der Waals surface area contributed by atoms with Crippen molar-refractivity contribution in [3.63, 3.8) is 0 Å². The van der Waals surface area contributed by atoms with E-state index in [1.165, 1.54) is 12.1 Å². The highest BCUT2D eigenvalue weighted by Crippen LogP contribution is 2.19. The van der Waals surface area contributed by atoms with Gasteiger partial charge in [-0.05, 0) is 30.5 Å². The third-order valence-corrected chi connectivity index (χ3v) is 3.38. The molecule has 2 rings (SSSR count). The average molecular weight is 276 g/mol. The van der Waals surface area contributed by atoms with Crippen LogP contribution in [0.1, 0.15) is 42.4 Å². The van der Waals surface area contributed by atoms with Crippen LogP contribution in [0.2, 0.25) is 0 Å². The van der Waals surface area contributed by atoms with Crippen molar-refractivity contribution in [2.75, 3.05) is 0 Å². The van der Waals surface area contributed by atoms with E-state index >= 15 is 0 Å². The van der Waals surface area contributed by atoms with Gasteiger partial charge in [0.2, 0.25) is 0 Å². The largest absolute Gasteiger partial charge is 0.347 e. The van der Waals surface area contributed by atoms with Gasteiger partial charge in [-0.3, -0.25) is 0 Å². The molecule has 0 atom stereocenters. The Morgan fingerprint density at radius 3 is 2.42 bits per heavy atom. The molecule has 0 saturated carbocycles. The van der Waals surface area contributed by atoms with Crippen LogP contribution in [0.5, 0.6) is 0 Å². The molecule has 0 saturated heterocycles. The van der Waals surface area contributed by atoms with E-state index in [0.29, 0.717) is 17.0 Å². The van der Waals surface area contributed by atoms with E-state index < -0.39 is 0 Å². The Balaban J connectivity index is 2.32. The lowest BCUT2D eigenvalue weighted by molar-refractivity contribution is 0.627. The maximum absolute atomic E-state index is 12.9. The van der Waals surface area contributed by atoms with E-state index in [-0.39, 0.29) is 5.82 Å². The number of hydrogen-bond donors (Lipinski definition) is 1. The molecular weight excluding hydrogens is 259 g/mol. The first-order valence-electron chi connectivity index (χ1n) is 6.31. The lowest BCUT2D eigenvalue weighted by Gasteiger charge is -2.11. The van der Waals surface area contributed by atoms with Crippen LogP contribution >= 0.6 is 12.2 Å². The van der Waals surface area contributed by atoms with Gasteiger partial charge in [-0.15, -0.1) is 0 Å². The first kappa shape index (κ1) is 13.9. The highest BCUT2D eigenvalue weighted by molar-refractivity contribution is 7.71. The number of rotatable bonds is 3. The number of benzene rings is 1. The van der Waals surface area contributed by atoms with Crippen molar-refractivity contribution in [3.05, 3.63) is 57.4 Å². The quantitative estimate of drug-likeness (QED) is 0.847. The highest BCUT2D eigenvalue weighted by atomic mass is 32.1. The van der Waals surface area contributed by atoms with Crippen molar-refractivity contribution in [1.29, 1.82) is 0 Å². The molecule has 1 aromatic heterocycles. The van der Waals surface area contributed by atoms with Gasteiger partial charge in [0.1, 0.15) is 16.3 Å². The zero-order chi connectivity index (χ0) is 14.0. The molecule has 1 heterocycles. The van der Waals surface area contributed by atoms with Gasteiger partial charge in [0.15, 0.2) is 0 Å². The molecule has 1 N–H and O–H groups in total. The van der Waals surface area contributed by atoms with Crippen LogP contribution in [-0.2, 0) is 6.42 Å². The summed E-state index contributed by atoms with van der Waals surface area (Å²) in [6, 6.07) is 6.44. The fraction of sp³-hybridized carbons (Fsp3) is 0.333. The molecule has 0 aliphatic carbocycles. The number of aryl methyl sites for hydroxylation is 1. The van der Waals surface area contributed by atoms with Crippen molar-refractivity contribution in [2.45, 2.75) is 33.1 Å². The van der Waals surface area contributed by atoms with Gasteiger partial charge < -0.3 is 4.98 Å². The Morgan fingerprint density at radius 2 is 1.89 bits per heavy atom. The van der Waals surface area contributed by atoms with Crippen LogP contribution in [-0.4, -0.2) is 9.97 Å². The van der Waals surface area contributed by atoms with Crippen molar-refractivity contribution in [2.24, 2.45) is 0 Å². The third kappa shape index (κ3) is 3.26. The molecule has 0 amide bonds. The summed E-state index contributed by atoms with van der Waals surface area (Å²) in [5.74, 6) is 0.950. The second-order valence-electron chi connectivity index (χ2n) is 4.99. The Bertz CT molecular complexity index is 630. The van der Waals surface area contributed by atoms with Crippen molar-refractivity contribution >= 4 is 12.2 Å². The Labute approximate surface area is 117 Å². The van der Waals surface area contributed by atoms with Crippen LogP contribution in [0.25, 0.3) is 0 Å². The first-order valence-corrected chi connectivity index (χ1v) is 6.72. The maximum Gasteiger partial charge on any atom is 0.133 e. The van der Waals surface area contributed by atoms with Crippen LogP contribution < -0.4 is 0 Å². The minimum Gasteiger partial charge on any atom is -0.347 e. The average Bonchev–Trinajstić information content (AvgIpc) is 2.30. The Hall–Kier alpha value is -1.55. The molecule has 19 heavy (non-hydrogen) atoms. The second kappa shape index (κ2) is 5.61. The number of H-pyrrole nitrogens is 1. The molecule has 100 valence electrons. The van der Waals surface area contributed by atoms with Gasteiger partial charge in [-0.2, -0.15) is 0 Å². The van der Waals surface area contributed by atoms with E-state index in [0.717, 1.165) is 22.6 Å². The number of aromatic nitrogens is 2. The molecule has 4 heteroatoms. The lowest BCUT2D eigenvalue weighted by Crippen LogP contribution is -2.05. The molecule has 0 fully saturated rings. The number of hydrogen-bond acceptors (Lipinski definition) is 2. The van der Waals surface area contributed by atoms with Crippen LogP contribution in [0.4, 0.5) is 4.39 Å². The summed E-state index contributed by atoms with van der Waals surface area (Å²) in [5, 5.41) is 0. The molecule has 0 aliphatic rings. The van der Waals surface area contributed by atoms with Crippen LogP contribution in [0.3, 0.4) is 0 Å². The van der Waals surface area contributed by atoms with Gasteiger partial charge in [0.25, 0.3) is 0 Å². The van der Waals surface area contributed by atoms with Gasteiger partial charge in [-0.1, -0.05) is 38.2 Å². The van der Waals surface area contributed by atoms with Crippen LogP contribution in [0, 0.1) is 17.4 Å². The highest BCUT2D eigenvalue weighted by Gasteiger charge is 2.09. The summed E-state index contributed by atoms with van der Waals surface area (Å²) >= 11 is 5.35. The predicted octanol–water partition coefficient (Wildman–Crippen LogP) is 4.30. The fourth-order valence-corrected chi connectivity index (χ4v) is 2.71. The summed E-state index contributed by atoms with van der Waals surface area (Å²) in [6.45, 7) is 6.22. The van der Waals surface area contributed by atoms with E-state index in [2.05, 4.69) is 23.8 Å². The molecule has 1 aromatic carbocycles. The summed E-state index contributed by atoms with van der Waals surface area (Å²) in [6.07, 6.45) is 0.628. The van der Waals surface area contributed by atoms with Crippen molar-refractivity contribution in [3.8, 4) is 0 Å². The standard InChI is InChI=1S/C15H17FN2S/c1-9(2)14-10(3)17-13(18-15(14)19)8-11-4-6-12(16)7-5-11/h4-7,9H,8H2,1-3H3,(H,17,18,19). The van der Waals surface area contributed by atoms with Crippen molar-refractivity contribution in [1.82, 2.24) is 9.97 Å². The van der Waals surface area contributed by atoms with E-state index in [9.17, 15) is 4.39 Å². The smallest absolute Gasteiger partial charge is 0.133 e. The fourth-order valence-electron chi connectivity index (χ4n) is 2.21. The molecule has 0 aliphatic heterocycles. The predicted molar refractivity (Wildman–Crippen MR) is 77.5 cm³/mol. The third-order valence-electron chi connectivity index (χ3n) is 3.06. The van der Waals surface area contributed by atoms with E-state index in [1.54, 1.807) is 12.1 Å². The maximum atomic E-state index is 12.9. The van der Waals surface area contributed by atoms with Crippen LogP contribution in [0.15, 0.2) is 24.3 Å². The molecule has 0 bridgehead atoms. The normalized spacial score (nSPS) is 11.0. The number of halogens is 1.